The Hall–Kier alpha value is -1.73. The normalized spacial score (nSPS) is 13.8. The molecule has 1 amide bonds. The van der Waals surface area contributed by atoms with Crippen LogP contribution < -0.4 is 5.32 Å². The molecule has 4 atom stereocenters. The van der Waals surface area contributed by atoms with E-state index in [1.54, 1.807) is 0 Å². The number of rotatable bonds is 62. The van der Waals surface area contributed by atoms with E-state index in [9.17, 15) is 25.2 Å². The van der Waals surface area contributed by atoms with Crippen LogP contribution in [0.4, 0.5) is 0 Å². The Balaban J connectivity index is 3.62. The van der Waals surface area contributed by atoms with E-state index in [2.05, 4.69) is 67.8 Å². The van der Waals surface area contributed by atoms with Crippen molar-refractivity contribution in [3.05, 3.63) is 48.6 Å². The van der Waals surface area contributed by atoms with Crippen molar-refractivity contribution in [2.75, 3.05) is 6.61 Å². The van der Waals surface area contributed by atoms with E-state index in [1.165, 1.54) is 276 Å². The van der Waals surface area contributed by atoms with Crippen LogP contribution in [0, 0.1) is 0 Å². The summed E-state index contributed by atoms with van der Waals surface area (Å²) in [6.45, 7) is 4.08. The second kappa shape index (κ2) is 63.1. The highest BCUT2D eigenvalue weighted by atomic mass is 16.3. The second-order valence-electron chi connectivity index (χ2n) is 23.2. The summed E-state index contributed by atoms with van der Waals surface area (Å²) in [6.07, 6.45) is 82.2. The van der Waals surface area contributed by atoms with Crippen LogP contribution in [0.3, 0.4) is 0 Å². The molecule has 0 heterocycles. The number of amides is 1. The number of nitrogens with one attached hydrogen (secondary N) is 1. The Kier molecular flexibility index (Phi) is 61.6. The fraction of sp³-hybridized carbons (Fsp3) is 0.870. The average Bonchev–Trinajstić information content (AvgIpc) is 3.42. The maximum atomic E-state index is 12.6. The van der Waals surface area contributed by atoms with Crippen molar-refractivity contribution in [1.82, 2.24) is 5.32 Å². The molecule has 0 aromatic carbocycles. The molecule has 0 aliphatic carbocycles. The minimum absolute atomic E-state index is 0.359. The molecule has 6 heteroatoms. The maximum Gasteiger partial charge on any atom is 0.249 e. The van der Waals surface area contributed by atoms with Crippen molar-refractivity contribution in [3.8, 4) is 0 Å². The summed E-state index contributed by atoms with van der Waals surface area (Å²) >= 11 is 0. The molecule has 0 aliphatic heterocycles. The third kappa shape index (κ3) is 56.8. The van der Waals surface area contributed by atoms with Gasteiger partial charge in [-0.05, 0) is 83.5 Å². The molecule has 0 saturated carbocycles. The quantitative estimate of drug-likeness (QED) is 0.0308. The monoisotopic (exact) mass is 1050 g/mol. The highest BCUT2D eigenvalue weighted by Gasteiger charge is 2.28. The first-order valence-corrected chi connectivity index (χ1v) is 33.5. The largest absolute Gasteiger partial charge is 0.394 e. The summed E-state index contributed by atoms with van der Waals surface area (Å²) in [7, 11) is 0. The number of carbonyl (C=O) groups is 1. The minimum atomic E-state index is -1.29. The zero-order valence-corrected chi connectivity index (χ0v) is 50.3. The van der Waals surface area contributed by atoms with E-state index in [0.29, 0.717) is 19.3 Å². The zero-order chi connectivity index (χ0) is 54.4. The minimum Gasteiger partial charge on any atom is -0.394 e. The van der Waals surface area contributed by atoms with Gasteiger partial charge in [0.2, 0.25) is 5.91 Å². The molecule has 0 rings (SSSR count). The fourth-order valence-corrected chi connectivity index (χ4v) is 10.5. The molecule has 6 nitrogen and oxygen atoms in total. The lowest BCUT2D eigenvalue weighted by Crippen LogP contribution is -2.53. The molecule has 0 aromatic rings. The van der Waals surface area contributed by atoms with Gasteiger partial charge in [-0.3, -0.25) is 4.79 Å². The average molecular weight is 1050 g/mol. The van der Waals surface area contributed by atoms with Crippen LogP contribution in [0.1, 0.15) is 354 Å². The van der Waals surface area contributed by atoms with Crippen LogP contribution in [0.5, 0.6) is 0 Å². The van der Waals surface area contributed by atoms with Crippen LogP contribution in [-0.4, -0.2) is 57.3 Å². The maximum absolute atomic E-state index is 12.6. The molecule has 0 bridgehead atoms. The predicted octanol–water partition coefficient (Wildman–Crippen LogP) is 20.5. The van der Waals surface area contributed by atoms with Gasteiger partial charge in [-0.1, -0.05) is 319 Å². The summed E-state index contributed by atoms with van der Waals surface area (Å²) in [5.74, 6) is -0.594. The Morgan fingerprint density at radius 2 is 0.600 bits per heavy atom. The van der Waals surface area contributed by atoms with Crippen molar-refractivity contribution in [3.63, 3.8) is 0 Å². The zero-order valence-electron chi connectivity index (χ0n) is 50.3. The molecule has 0 spiro atoms. The van der Waals surface area contributed by atoms with Crippen LogP contribution in [0.2, 0.25) is 0 Å². The first-order chi connectivity index (χ1) is 37.0. The van der Waals surface area contributed by atoms with Crippen LogP contribution in [0.25, 0.3) is 0 Å². The molecule has 442 valence electrons. The van der Waals surface area contributed by atoms with E-state index < -0.39 is 36.9 Å². The van der Waals surface area contributed by atoms with Crippen LogP contribution >= 0.6 is 0 Å². The molecule has 0 radical (unpaired) electrons. The number of hydrogen-bond acceptors (Lipinski definition) is 5. The van der Waals surface area contributed by atoms with Gasteiger partial charge in [-0.15, -0.1) is 0 Å². The molecule has 0 fully saturated rings. The smallest absolute Gasteiger partial charge is 0.249 e. The summed E-state index contributed by atoms with van der Waals surface area (Å²) < 4.78 is 0. The Morgan fingerprint density at radius 1 is 0.333 bits per heavy atom. The molecule has 0 aliphatic rings. The number of allylic oxidation sites excluding steroid dienone is 8. The van der Waals surface area contributed by atoms with E-state index in [1.807, 2.05) is 0 Å². The van der Waals surface area contributed by atoms with Gasteiger partial charge < -0.3 is 25.7 Å². The van der Waals surface area contributed by atoms with Crippen LogP contribution in [0.15, 0.2) is 48.6 Å². The van der Waals surface area contributed by atoms with Crippen molar-refractivity contribution < 1.29 is 25.2 Å². The lowest BCUT2D eigenvalue weighted by molar-refractivity contribution is -0.132. The number of aliphatic hydroxyl groups excluding tert-OH is 4. The summed E-state index contributed by atoms with van der Waals surface area (Å²) in [5, 5.41) is 44.1. The summed E-state index contributed by atoms with van der Waals surface area (Å²) in [5.41, 5.74) is 0. The third-order valence-corrected chi connectivity index (χ3v) is 15.7. The molecule has 4 unspecified atom stereocenters. The molecular weight excluding hydrogens is 923 g/mol. The Labute approximate surface area is 468 Å². The van der Waals surface area contributed by atoms with E-state index >= 15 is 0 Å². The van der Waals surface area contributed by atoms with Gasteiger partial charge in [-0.2, -0.15) is 0 Å². The Morgan fingerprint density at radius 3 is 0.920 bits per heavy atom. The van der Waals surface area contributed by atoms with Crippen molar-refractivity contribution in [2.45, 2.75) is 379 Å². The van der Waals surface area contributed by atoms with Gasteiger partial charge in [0, 0.05) is 0 Å². The number of carbonyl (C=O) groups excluding carboxylic acids is 1. The molecule has 5 N–H and O–H groups in total. The third-order valence-electron chi connectivity index (χ3n) is 15.7. The summed E-state index contributed by atoms with van der Waals surface area (Å²) in [4.78, 5) is 12.6. The topological polar surface area (TPSA) is 110 Å². The highest BCUT2D eigenvalue weighted by molar-refractivity contribution is 5.80. The SMILES string of the molecule is CCCCCCCCCCC/C=C\C/C=C\CCCCCCCCCCCCCCCCC(O)C(=O)NC(CO)C(O)C(O)CCC/C=C/CC/C=C/CCCCCCCCCCCCCCCCCCCCCC. The first kappa shape index (κ1) is 73.3. The van der Waals surface area contributed by atoms with E-state index in [4.69, 9.17) is 0 Å². The molecule has 0 aromatic heterocycles. The standard InChI is InChI=1S/C69H131NO5/c1-3-5-7-9-11-13-15-17-19-21-23-25-27-29-31-33-35-37-39-41-43-45-47-49-51-53-55-57-59-61-63-67(73)69(75)70-65(64-71)68(74)66(72)62-60-58-56-54-52-50-48-46-44-42-40-38-36-34-32-30-28-26-24-22-20-18-16-14-12-10-8-6-4-2/h23,25,29,31,46,48,54,56,65-68,71-74H,3-22,24,26-28,30,32-45,47,49-53,55,57-64H2,1-2H3,(H,70,75)/b25-23-,31-29-,48-46+,56-54+. The number of aliphatic hydroxyl groups is 4. The summed E-state index contributed by atoms with van der Waals surface area (Å²) in [6, 6.07) is -1.01. The Bertz CT molecular complexity index is 1230. The molecule has 0 saturated heterocycles. The fourth-order valence-electron chi connectivity index (χ4n) is 10.5. The first-order valence-electron chi connectivity index (χ1n) is 33.5. The molecule has 75 heavy (non-hydrogen) atoms. The van der Waals surface area contributed by atoms with Crippen molar-refractivity contribution in [1.29, 1.82) is 0 Å². The van der Waals surface area contributed by atoms with Gasteiger partial charge in [0.05, 0.1) is 18.8 Å². The second-order valence-corrected chi connectivity index (χ2v) is 23.2. The lowest BCUT2D eigenvalue weighted by atomic mass is 10.00. The van der Waals surface area contributed by atoms with Crippen molar-refractivity contribution >= 4 is 5.91 Å². The van der Waals surface area contributed by atoms with Gasteiger partial charge in [-0.25, -0.2) is 0 Å². The van der Waals surface area contributed by atoms with Gasteiger partial charge in [0.15, 0.2) is 0 Å². The highest BCUT2D eigenvalue weighted by Crippen LogP contribution is 2.18. The molecular formula is C69H131NO5. The lowest BCUT2D eigenvalue weighted by Gasteiger charge is -2.27. The van der Waals surface area contributed by atoms with Crippen molar-refractivity contribution in [2.24, 2.45) is 0 Å². The van der Waals surface area contributed by atoms with E-state index in [0.717, 1.165) is 44.9 Å². The van der Waals surface area contributed by atoms with Crippen LogP contribution in [-0.2, 0) is 4.79 Å². The number of hydrogen-bond donors (Lipinski definition) is 5. The van der Waals surface area contributed by atoms with Gasteiger partial charge >= 0.3 is 0 Å². The van der Waals surface area contributed by atoms with E-state index in [-0.39, 0.29) is 0 Å². The predicted molar refractivity (Wildman–Crippen MR) is 330 cm³/mol. The van der Waals surface area contributed by atoms with Gasteiger partial charge in [0.25, 0.3) is 0 Å². The number of unbranched alkanes of at least 4 members (excludes halogenated alkanes) is 45. The van der Waals surface area contributed by atoms with Gasteiger partial charge in [0.1, 0.15) is 12.2 Å².